The Labute approximate surface area is 63.4 Å². The standard InChI is InChI=1S/C6H8S.C2H6/c1-3-5-6(7)4-2;1-2/h3-5,7H,1-2H2;1-2H3/b6-5+;. The van der Waals surface area contributed by atoms with Crippen LogP contribution in [-0.4, -0.2) is 0 Å². The highest BCUT2D eigenvalue weighted by Crippen LogP contribution is 1.98. The molecule has 0 saturated heterocycles. The molecule has 0 unspecified atom stereocenters. The van der Waals surface area contributed by atoms with Crippen LogP contribution in [0.25, 0.3) is 0 Å². The monoisotopic (exact) mass is 142 g/mol. The lowest BCUT2D eigenvalue weighted by Gasteiger charge is -1.79. The van der Waals surface area contributed by atoms with E-state index in [9.17, 15) is 0 Å². The smallest absolute Gasteiger partial charge is 0.00338 e. The summed E-state index contributed by atoms with van der Waals surface area (Å²) in [7, 11) is 0. The molecule has 0 radical (unpaired) electrons. The van der Waals surface area contributed by atoms with Gasteiger partial charge in [-0.2, -0.15) is 0 Å². The molecule has 0 heterocycles. The van der Waals surface area contributed by atoms with Gasteiger partial charge in [0, 0.05) is 4.91 Å². The van der Waals surface area contributed by atoms with E-state index in [1.54, 1.807) is 18.2 Å². The average Bonchev–Trinajstić information content (AvgIpc) is 1.93. The SMILES string of the molecule is C=C/C=C(/S)C=C.CC. The molecule has 0 aliphatic heterocycles. The van der Waals surface area contributed by atoms with Gasteiger partial charge in [-0.05, 0) is 6.08 Å². The highest BCUT2D eigenvalue weighted by atomic mass is 32.1. The summed E-state index contributed by atoms with van der Waals surface area (Å²) < 4.78 is 0. The third-order valence-electron chi connectivity index (χ3n) is 0.498. The van der Waals surface area contributed by atoms with E-state index in [1.165, 1.54) is 0 Å². The molecule has 0 nitrogen and oxygen atoms in total. The van der Waals surface area contributed by atoms with Gasteiger partial charge in [-0.1, -0.05) is 39.2 Å². The van der Waals surface area contributed by atoms with Crippen LogP contribution in [0.15, 0.2) is 36.3 Å². The summed E-state index contributed by atoms with van der Waals surface area (Å²) in [5.41, 5.74) is 0. The van der Waals surface area contributed by atoms with Gasteiger partial charge < -0.3 is 0 Å². The molecule has 0 amide bonds. The predicted octanol–water partition coefficient (Wildman–Crippen LogP) is 3.20. The van der Waals surface area contributed by atoms with Crippen molar-refractivity contribution in [2.24, 2.45) is 0 Å². The Kier molecular flexibility index (Phi) is 13.3. The molecule has 0 rings (SSSR count). The average molecular weight is 142 g/mol. The second-order valence-corrected chi connectivity index (χ2v) is 1.55. The number of rotatable bonds is 2. The number of allylic oxidation sites excluding steroid dienone is 3. The maximum Gasteiger partial charge on any atom is 0.00338 e. The number of hydrogen-bond donors (Lipinski definition) is 1. The van der Waals surface area contributed by atoms with E-state index in [0.29, 0.717) is 0 Å². The van der Waals surface area contributed by atoms with Crippen molar-refractivity contribution in [2.75, 3.05) is 0 Å². The summed E-state index contributed by atoms with van der Waals surface area (Å²) in [6.07, 6.45) is 5.10. The topological polar surface area (TPSA) is 0 Å². The van der Waals surface area contributed by atoms with Crippen molar-refractivity contribution in [3.8, 4) is 0 Å². The zero-order valence-corrected chi connectivity index (χ0v) is 6.99. The third kappa shape index (κ3) is 11.2. The summed E-state index contributed by atoms with van der Waals surface area (Å²) in [5.74, 6) is 0. The Hall–Kier alpha value is -0.430. The molecule has 0 N–H and O–H groups in total. The minimum absolute atomic E-state index is 0.843. The van der Waals surface area contributed by atoms with E-state index in [-0.39, 0.29) is 0 Å². The lowest BCUT2D eigenvalue weighted by molar-refractivity contribution is 1.50. The van der Waals surface area contributed by atoms with Crippen LogP contribution < -0.4 is 0 Å². The van der Waals surface area contributed by atoms with Gasteiger partial charge >= 0.3 is 0 Å². The first-order valence-electron chi connectivity index (χ1n) is 2.95. The molecule has 9 heavy (non-hydrogen) atoms. The van der Waals surface area contributed by atoms with Crippen molar-refractivity contribution >= 4 is 12.6 Å². The van der Waals surface area contributed by atoms with Crippen LogP contribution in [0.4, 0.5) is 0 Å². The van der Waals surface area contributed by atoms with E-state index in [0.717, 1.165) is 4.91 Å². The molecule has 0 aromatic rings. The summed E-state index contributed by atoms with van der Waals surface area (Å²) >= 11 is 3.98. The van der Waals surface area contributed by atoms with Crippen LogP contribution >= 0.6 is 12.6 Å². The quantitative estimate of drug-likeness (QED) is 0.444. The number of hydrogen-bond acceptors (Lipinski definition) is 1. The molecule has 52 valence electrons. The summed E-state index contributed by atoms with van der Waals surface area (Å²) in [6.45, 7) is 11.0. The van der Waals surface area contributed by atoms with Crippen molar-refractivity contribution in [3.05, 3.63) is 36.3 Å². The van der Waals surface area contributed by atoms with Gasteiger partial charge in [0.05, 0.1) is 0 Å². The predicted molar refractivity (Wildman–Crippen MR) is 48.8 cm³/mol. The van der Waals surface area contributed by atoms with Crippen LogP contribution in [0.1, 0.15) is 13.8 Å². The third-order valence-corrected chi connectivity index (χ3v) is 0.829. The Morgan fingerprint density at radius 1 is 1.33 bits per heavy atom. The van der Waals surface area contributed by atoms with E-state index >= 15 is 0 Å². The van der Waals surface area contributed by atoms with E-state index in [1.807, 2.05) is 13.8 Å². The molecule has 0 bridgehead atoms. The molecule has 0 aromatic carbocycles. The zero-order chi connectivity index (χ0) is 7.70. The van der Waals surface area contributed by atoms with E-state index in [2.05, 4.69) is 25.8 Å². The molecular weight excluding hydrogens is 128 g/mol. The van der Waals surface area contributed by atoms with Crippen molar-refractivity contribution in [1.82, 2.24) is 0 Å². The highest BCUT2D eigenvalue weighted by molar-refractivity contribution is 7.84. The van der Waals surface area contributed by atoms with Crippen LogP contribution in [0.2, 0.25) is 0 Å². The molecule has 0 atom stereocenters. The van der Waals surface area contributed by atoms with Crippen molar-refractivity contribution in [2.45, 2.75) is 13.8 Å². The molecule has 0 aromatic heterocycles. The lowest BCUT2D eigenvalue weighted by Crippen LogP contribution is -1.53. The van der Waals surface area contributed by atoms with Crippen LogP contribution in [-0.2, 0) is 0 Å². The molecule has 0 spiro atoms. The summed E-state index contributed by atoms with van der Waals surface area (Å²) in [5, 5.41) is 0. The minimum Gasteiger partial charge on any atom is -0.143 e. The molecule has 0 saturated carbocycles. The second kappa shape index (κ2) is 10.5. The van der Waals surface area contributed by atoms with E-state index < -0.39 is 0 Å². The Morgan fingerprint density at radius 2 is 1.78 bits per heavy atom. The normalized spacial score (nSPS) is 9.00. The Balaban J connectivity index is 0. The van der Waals surface area contributed by atoms with Gasteiger partial charge in [0.1, 0.15) is 0 Å². The molecular formula is C8H14S. The second-order valence-electron chi connectivity index (χ2n) is 1.03. The molecule has 0 aliphatic carbocycles. The van der Waals surface area contributed by atoms with Crippen molar-refractivity contribution < 1.29 is 0 Å². The van der Waals surface area contributed by atoms with Crippen LogP contribution in [0.5, 0.6) is 0 Å². The van der Waals surface area contributed by atoms with Crippen LogP contribution in [0.3, 0.4) is 0 Å². The van der Waals surface area contributed by atoms with Crippen molar-refractivity contribution in [3.63, 3.8) is 0 Å². The van der Waals surface area contributed by atoms with Crippen LogP contribution in [0, 0.1) is 0 Å². The first kappa shape index (κ1) is 11.4. The van der Waals surface area contributed by atoms with Gasteiger partial charge in [-0.3, -0.25) is 0 Å². The van der Waals surface area contributed by atoms with Gasteiger partial charge in [0.2, 0.25) is 0 Å². The van der Waals surface area contributed by atoms with Gasteiger partial charge in [-0.25, -0.2) is 0 Å². The maximum atomic E-state index is 3.98. The summed E-state index contributed by atoms with van der Waals surface area (Å²) in [6, 6.07) is 0. The van der Waals surface area contributed by atoms with E-state index in [4.69, 9.17) is 0 Å². The fourth-order valence-corrected chi connectivity index (χ4v) is 0.294. The largest absolute Gasteiger partial charge is 0.143 e. The van der Waals surface area contributed by atoms with Gasteiger partial charge in [-0.15, -0.1) is 12.6 Å². The molecule has 0 aliphatic rings. The Morgan fingerprint density at radius 3 is 1.89 bits per heavy atom. The molecule has 1 heteroatoms. The molecule has 0 fully saturated rings. The first-order valence-corrected chi connectivity index (χ1v) is 3.40. The van der Waals surface area contributed by atoms with Gasteiger partial charge in [0.15, 0.2) is 0 Å². The lowest BCUT2D eigenvalue weighted by atomic mass is 10.5. The maximum absolute atomic E-state index is 3.98. The highest BCUT2D eigenvalue weighted by Gasteiger charge is 1.70. The Bertz CT molecular complexity index is 101. The fourth-order valence-electron chi connectivity index (χ4n) is 0.189. The van der Waals surface area contributed by atoms with Gasteiger partial charge in [0.25, 0.3) is 0 Å². The summed E-state index contributed by atoms with van der Waals surface area (Å²) in [4.78, 5) is 0.843. The zero-order valence-electron chi connectivity index (χ0n) is 6.09. The minimum atomic E-state index is 0.843. The fraction of sp³-hybridized carbons (Fsp3) is 0.250. The number of thiol groups is 1. The van der Waals surface area contributed by atoms with Crippen molar-refractivity contribution in [1.29, 1.82) is 0 Å². The first-order chi connectivity index (χ1) is 4.31.